The number of benzene rings is 1. The number of aryl methyl sites for hydroxylation is 1. The monoisotopic (exact) mass is 419 g/mol. The van der Waals surface area contributed by atoms with Gasteiger partial charge in [-0.05, 0) is 30.4 Å². The van der Waals surface area contributed by atoms with E-state index in [2.05, 4.69) is 10.6 Å². The molecular formula is C19H21N3O6S. The minimum atomic E-state index is -0.919. The van der Waals surface area contributed by atoms with Crippen LogP contribution in [0.4, 0.5) is 11.4 Å². The van der Waals surface area contributed by atoms with Crippen LogP contribution in [-0.2, 0) is 14.3 Å². The number of anilines is 1. The number of hydrogen-bond acceptors (Lipinski definition) is 7. The van der Waals surface area contributed by atoms with Gasteiger partial charge >= 0.3 is 5.97 Å². The summed E-state index contributed by atoms with van der Waals surface area (Å²) >= 11 is 1.24. The van der Waals surface area contributed by atoms with E-state index in [9.17, 15) is 24.5 Å². The average Bonchev–Trinajstić information content (AvgIpc) is 3.20. The Morgan fingerprint density at radius 1 is 1.24 bits per heavy atom. The molecule has 0 aliphatic heterocycles. The molecule has 0 spiro atoms. The molecule has 0 saturated heterocycles. The van der Waals surface area contributed by atoms with Crippen molar-refractivity contribution in [3.05, 3.63) is 56.3 Å². The zero-order valence-electron chi connectivity index (χ0n) is 16.1. The number of rotatable bonds is 8. The SMILES string of the molecule is Cc1ccc(NC(=O)COC(=O)C(NC(=O)c2cccs2)C(C)C)cc1[N+](=O)[O-]. The van der Waals surface area contributed by atoms with Crippen LogP contribution in [0.1, 0.15) is 29.1 Å². The summed E-state index contributed by atoms with van der Waals surface area (Å²) in [6.07, 6.45) is 0. The molecule has 0 fully saturated rings. The van der Waals surface area contributed by atoms with Crippen molar-refractivity contribution in [3.8, 4) is 0 Å². The number of nitro groups is 1. The van der Waals surface area contributed by atoms with Crippen LogP contribution in [-0.4, -0.2) is 35.4 Å². The Labute approximate surface area is 171 Å². The number of carbonyl (C=O) groups is 3. The van der Waals surface area contributed by atoms with Gasteiger partial charge in [-0.3, -0.25) is 19.7 Å². The summed E-state index contributed by atoms with van der Waals surface area (Å²) in [4.78, 5) is 47.4. The lowest BCUT2D eigenvalue weighted by Crippen LogP contribution is -2.45. The average molecular weight is 419 g/mol. The molecule has 10 heteroatoms. The Balaban J connectivity index is 1.93. The molecule has 0 aliphatic carbocycles. The third-order valence-electron chi connectivity index (χ3n) is 3.99. The predicted octanol–water partition coefficient (Wildman–Crippen LogP) is 2.90. The van der Waals surface area contributed by atoms with Gasteiger partial charge in [0.05, 0.1) is 9.80 Å². The third kappa shape index (κ3) is 6.11. The summed E-state index contributed by atoms with van der Waals surface area (Å²) in [5.74, 6) is -2.04. The highest BCUT2D eigenvalue weighted by molar-refractivity contribution is 7.12. The number of nitrogens with one attached hydrogen (secondary N) is 2. The Bertz CT molecular complexity index is 911. The standard InChI is InChI=1S/C19H21N3O6S/c1-11(2)17(21-18(24)15-5-4-8-29-15)19(25)28-10-16(23)20-13-7-6-12(3)14(9-13)22(26)27/h4-9,11,17H,10H2,1-3H3,(H,20,23)(H,21,24). The smallest absolute Gasteiger partial charge is 0.329 e. The first-order chi connectivity index (χ1) is 13.7. The second-order valence-electron chi connectivity index (χ2n) is 6.59. The van der Waals surface area contributed by atoms with E-state index < -0.39 is 35.4 Å². The highest BCUT2D eigenvalue weighted by atomic mass is 32.1. The lowest BCUT2D eigenvalue weighted by molar-refractivity contribution is -0.385. The number of ether oxygens (including phenoxy) is 1. The molecule has 154 valence electrons. The molecule has 2 N–H and O–H groups in total. The van der Waals surface area contributed by atoms with E-state index in [1.165, 1.54) is 29.5 Å². The zero-order chi connectivity index (χ0) is 21.6. The van der Waals surface area contributed by atoms with Gasteiger partial charge in [0.2, 0.25) is 0 Å². The van der Waals surface area contributed by atoms with E-state index in [1.807, 2.05) is 0 Å². The molecule has 0 saturated carbocycles. The number of hydrogen-bond donors (Lipinski definition) is 2. The minimum Gasteiger partial charge on any atom is -0.454 e. The number of esters is 1. The van der Waals surface area contributed by atoms with E-state index in [1.54, 1.807) is 38.3 Å². The van der Waals surface area contributed by atoms with Crippen molar-refractivity contribution in [2.75, 3.05) is 11.9 Å². The van der Waals surface area contributed by atoms with Gasteiger partial charge in [-0.1, -0.05) is 26.0 Å². The summed E-state index contributed by atoms with van der Waals surface area (Å²) < 4.78 is 5.02. The summed E-state index contributed by atoms with van der Waals surface area (Å²) in [5.41, 5.74) is 0.548. The maximum Gasteiger partial charge on any atom is 0.329 e. The quantitative estimate of drug-likeness (QED) is 0.385. The van der Waals surface area contributed by atoms with Crippen molar-refractivity contribution in [1.82, 2.24) is 5.32 Å². The molecule has 0 bridgehead atoms. The van der Waals surface area contributed by atoms with Crippen LogP contribution in [0.5, 0.6) is 0 Å². The summed E-state index contributed by atoms with van der Waals surface area (Å²) in [5, 5.41) is 17.8. The van der Waals surface area contributed by atoms with Gasteiger partial charge in [-0.25, -0.2) is 4.79 Å². The van der Waals surface area contributed by atoms with Crippen LogP contribution >= 0.6 is 11.3 Å². The van der Waals surface area contributed by atoms with Crippen LogP contribution in [0.3, 0.4) is 0 Å². The van der Waals surface area contributed by atoms with Gasteiger partial charge in [-0.15, -0.1) is 11.3 Å². The van der Waals surface area contributed by atoms with Crippen molar-refractivity contribution in [2.24, 2.45) is 5.92 Å². The van der Waals surface area contributed by atoms with Crippen LogP contribution in [0.15, 0.2) is 35.7 Å². The summed E-state index contributed by atoms with van der Waals surface area (Å²) in [6, 6.07) is 6.69. The topological polar surface area (TPSA) is 128 Å². The lowest BCUT2D eigenvalue weighted by atomic mass is 10.0. The van der Waals surface area contributed by atoms with E-state index in [0.29, 0.717) is 10.4 Å². The molecule has 1 aromatic carbocycles. The van der Waals surface area contributed by atoms with Gasteiger partial charge < -0.3 is 15.4 Å². The number of amides is 2. The Morgan fingerprint density at radius 3 is 2.55 bits per heavy atom. The maximum absolute atomic E-state index is 12.3. The molecule has 2 rings (SSSR count). The van der Waals surface area contributed by atoms with Gasteiger partial charge in [-0.2, -0.15) is 0 Å². The van der Waals surface area contributed by atoms with E-state index in [4.69, 9.17) is 4.74 Å². The lowest BCUT2D eigenvalue weighted by Gasteiger charge is -2.20. The van der Waals surface area contributed by atoms with E-state index in [0.717, 1.165) is 0 Å². The number of carbonyl (C=O) groups excluding carboxylic acids is 3. The molecule has 1 atom stereocenters. The third-order valence-corrected chi connectivity index (χ3v) is 4.86. The second kappa shape index (κ2) is 9.78. The molecule has 29 heavy (non-hydrogen) atoms. The Morgan fingerprint density at radius 2 is 1.97 bits per heavy atom. The fourth-order valence-electron chi connectivity index (χ4n) is 2.43. The zero-order valence-corrected chi connectivity index (χ0v) is 16.9. The number of nitrogens with zero attached hydrogens (tertiary/aromatic N) is 1. The molecule has 1 aromatic heterocycles. The van der Waals surface area contributed by atoms with E-state index >= 15 is 0 Å². The number of thiophene rings is 1. The normalized spacial score (nSPS) is 11.6. The summed E-state index contributed by atoms with van der Waals surface area (Å²) in [7, 11) is 0. The van der Waals surface area contributed by atoms with Crippen LogP contribution in [0.2, 0.25) is 0 Å². The highest BCUT2D eigenvalue weighted by Gasteiger charge is 2.27. The predicted molar refractivity (Wildman–Crippen MR) is 108 cm³/mol. The molecule has 0 radical (unpaired) electrons. The van der Waals surface area contributed by atoms with Gasteiger partial charge in [0.15, 0.2) is 6.61 Å². The van der Waals surface area contributed by atoms with Crippen molar-refractivity contribution < 1.29 is 24.0 Å². The first kappa shape index (κ1) is 22.0. The van der Waals surface area contributed by atoms with Crippen LogP contribution in [0.25, 0.3) is 0 Å². The van der Waals surface area contributed by atoms with E-state index in [-0.39, 0.29) is 17.3 Å². The highest BCUT2D eigenvalue weighted by Crippen LogP contribution is 2.22. The Hall–Kier alpha value is -3.27. The van der Waals surface area contributed by atoms with Crippen molar-refractivity contribution in [1.29, 1.82) is 0 Å². The fraction of sp³-hybridized carbons (Fsp3) is 0.316. The second-order valence-corrected chi connectivity index (χ2v) is 7.53. The first-order valence-corrected chi connectivity index (χ1v) is 9.63. The van der Waals surface area contributed by atoms with Gasteiger partial charge in [0, 0.05) is 17.3 Å². The molecule has 1 unspecified atom stereocenters. The van der Waals surface area contributed by atoms with Crippen molar-refractivity contribution in [2.45, 2.75) is 26.8 Å². The van der Waals surface area contributed by atoms with Crippen molar-refractivity contribution in [3.63, 3.8) is 0 Å². The van der Waals surface area contributed by atoms with Crippen LogP contribution in [0, 0.1) is 23.0 Å². The minimum absolute atomic E-state index is 0.129. The number of nitro benzene ring substituents is 1. The molecule has 1 heterocycles. The molecule has 0 aliphatic rings. The van der Waals surface area contributed by atoms with Gasteiger partial charge in [0.25, 0.3) is 17.5 Å². The first-order valence-electron chi connectivity index (χ1n) is 8.75. The largest absolute Gasteiger partial charge is 0.454 e. The summed E-state index contributed by atoms with van der Waals surface area (Å²) in [6.45, 7) is 4.49. The maximum atomic E-state index is 12.3. The van der Waals surface area contributed by atoms with Gasteiger partial charge in [0.1, 0.15) is 6.04 Å². The molecule has 2 aromatic rings. The molecular weight excluding hydrogens is 398 g/mol. The molecule has 2 amide bonds. The fourth-order valence-corrected chi connectivity index (χ4v) is 3.05. The Kier molecular flexibility index (Phi) is 7.43. The van der Waals surface area contributed by atoms with Crippen LogP contribution < -0.4 is 10.6 Å². The van der Waals surface area contributed by atoms with Crippen molar-refractivity contribution >= 4 is 40.5 Å². The molecule has 9 nitrogen and oxygen atoms in total.